The molecule has 0 bridgehead atoms. The van der Waals surface area contributed by atoms with Crippen molar-refractivity contribution >= 4 is 34.4 Å². The molecule has 110 valence electrons. The molecule has 1 aromatic rings. The molecule has 3 amide bonds. The minimum atomic E-state index is -0.965. The Balaban J connectivity index is 2.39. The predicted octanol–water partition coefficient (Wildman–Crippen LogP) is 1.92. The van der Waals surface area contributed by atoms with Crippen LogP contribution in [0.3, 0.4) is 0 Å². The molecular weight excluding hydrogens is 282 g/mol. The Morgan fingerprint density at radius 2 is 2.00 bits per heavy atom. The first kappa shape index (κ1) is 16.1. The molecule has 1 heterocycles. The fourth-order valence-electron chi connectivity index (χ4n) is 1.53. The average Bonchev–Trinajstić information content (AvgIpc) is 2.68. The van der Waals surface area contributed by atoms with Crippen LogP contribution in [0.1, 0.15) is 36.8 Å². The van der Waals surface area contributed by atoms with Crippen molar-refractivity contribution in [3.63, 3.8) is 0 Å². The number of rotatable bonds is 6. The number of aryl methyl sites for hydroxylation is 2. The first-order valence-electron chi connectivity index (χ1n) is 6.21. The number of amides is 3. The fraction of sp³-hybridized carbons (Fsp3) is 0.500. The van der Waals surface area contributed by atoms with Crippen LogP contribution < -0.4 is 10.6 Å². The summed E-state index contributed by atoms with van der Waals surface area (Å²) in [5.41, 5.74) is 0.915. The van der Waals surface area contributed by atoms with Gasteiger partial charge in [-0.1, -0.05) is 6.92 Å². The Morgan fingerprint density at radius 1 is 1.30 bits per heavy atom. The number of carbonyl (C=O) groups excluding carboxylic acids is 2. The molecule has 0 aliphatic rings. The van der Waals surface area contributed by atoms with Gasteiger partial charge in [0.25, 0.3) is 0 Å². The second-order valence-electron chi connectivity index (χ2n) is 4.13. The molecule has 20 heavy (non-hydrogen) atoms. The molecule has 8 heteroatoms. The third-order valence-corrected chi connectivity index (χ3v) is 3.42. The number of nitrogens with zero attached hydrogens (tertiary/aromatic N) is 1. The molecule has 1 aromatic heterocycles. The van der Waals surface area contributed by atoms with Gasteiger partial charge >= 0.3 is 12.0 Å². The van der Waals surface area contributed by atoms with Crippen LogP contribution in [-0.2, 0) is 16.0 Å². The lowest BCUT2D eigenvalue weighted by Crippen LogP contribution is -2.34. The minimum absolute atomic E-state index is 0.00315. The highest BCUT2D eigenvalue weighted by molar-refractivity contribution is 7.15. The van der Waals surface area contributed by atoms with Gasteiger partial charge in [-0.25, -0.2) is 9.78 Å². The molecule has 7 nitrogen and oxygen atoms in total. The number of hydrogen-bond acceptors (Lipinski definition) is 5. The highest BCUT2D eigenvalue weighted by Gasteiger charge is 2.12. The summed E-state index contributed by atoms with van der Waals surface area (Å²) < 4.78 is 0. The zero-order valence-corrected chi connectivity index (χ0v) is 12.2. The normalized spacial score (nSPS) is 10.1. The monoisotopic (exact) mass is 299 g/mol. The summed E-state index contributed by atoms with van der Waals surface area (Å²) in [6, 6.07) is -0.651. The first-order chi connectivity index (χ1) is 9.42. The molecule has 0 atom stereocenters. The molecule has 3 N–H and O–H groups in total. The lowest BCUT2D eigenvalue weighted by molar-refractivity contribution is -0.137. The van der Waals surface area contributed by atoms with Crippen molar-refractivity contribution in [2.75, 3.05) is 5.32 Å². The molecule has 0 aliphatic heterocycles. The van der Waals surface area contributed by atoms with Gasteiger partial charge in [-0.15, -0.1) is 11.3 Å². The summed E-state index contributed by atoms with van der Waals surface area (Å²) in [5, 5.41) is 13.5. The van der Waals surface area contributed by atoms with Gasteiger partial charge in [-0.05, 0) is 19.8 Å². The third kappa shape index (κ3) is 5.35. The van der Waals surface area contributed by atoms with Crippen molar-refractivity contribution in [2.24, 2.45) is 0 Å². The quantitative estimate of drug-likeness (QED) is 0.743. The number of aliphatic carboxylic acids is 1. The molecule has 0 saturated carbocycles. The van der Waals surface area contributed by atoms with E-state index in [4.69, 9.17) is 5.11 Å². The summed E-state index contributed by atoms with van der Waals surface area (Å²) in [7, 11) is 0. The molecule has 0 fully saturated rings. The van der Waals surface area contributed by atoms with Crippen molar-refractivity contribution in [3.05, 3.63) is 10.6 Å². The number of anilines is 1. The maximum absolute atomic E-state index is 11.5. The van der Waals surface area contributed by atoms with Gasteiger partial charge in [0.2, 0.25) is 5.91 Å². The van der Waals surface area contributed by atoms with E-state index in [1.54, 1.807) is 0 Å². The van der Waals surface area contributed by atoms with E-state index in [0.29, 0.717) is 5.13 Å². The number of carboxylic acids is 1. The predicted molar refractivity (Wildman–Crippen MR) is 74.9 cm³/mol. The molecular formula is C12H17N3O4S. The van der Waals surface area contributed by atoms with Gasteiger partial charge in [0.1, 0.15) is 0 Å². The third-order valence-electron chi connectivity index (χ3n) is 2.50. The zero-order valence-electron chi connectivity index (χ0n) is 11.4. The molecule has 0 unspecified atom stereocenters. The van der Waals surface area contributed by atoms with E-state index < -0.39 is 17.9 Å². The SMILES string of the molecule is CCc1nc(NC(=O)NC(=O)CCCC(=O)O)sc1C. The maximum atomic E-state index is 11.5. The lowest BCUT2D eigenvalue weighted by atomic mass is 10.2. The largest absolute Gasteiger partial charge is 0.481 e. The number of imide groups is 1. The van der Waals surface area contributed by atoms with Crippen LogP contribution in [0.4, 0.5) is 9.93 Å². The standard InChI is InChI=1S/C12H17N3O4S/c1-3-8-7(2)20-12(13-8)15-11(19)14-9(16)5-4-6-10(17)18/h3-6H2,1-2H3,(H,17,18)(H2,13,14,15,16,19). The van der Waals surface area contributed by atoms with Crippen LogP contribution in [0, 0.1) is 6.92 Å². The van der Waals surface area contributed by atoms with Crippen LogP contribution >= 0.6 is 11.3 Å². The molecule has 0 radical (unpaired) electrons. The Bertz CT molecular complexity index is 513. The Morgan fingerprint density at radius 3 is 2.55 bits per heavy atom. The zero-order chi connectivity index (χ0) is 15.1. The van der Waals surface area contributed by atoms with Crippen LogP contribution in [0.5, 0.6) is 0 Å². The Hall–Kier alpha value is -1.96. The minimum Gasteiger partial charge on any atom is -0.481 e. The van der Waals surface area contributed by atoms with Crippen molar-refractivity contribution in [3.8, 4) is 0 Å². The number of nitrogens with one attached hydrogen (secondary N) is 2. The van der Waals surface area contributed by atoms with Crippen molar-refractivity contribution in [1.82, 2.24) is 10.3 Å². The van der Waals surface area contributed by atoms with Gasteiger partial charge < -0.3 is 5.11 Å². The van der Waals surface area contributed by atoms with Gasteiger partial charge in [0.15, 0.2) is 5.13 Å². The van der Waals surface area contributed by atoms with E-state index >= 15 is 0 Å². The van der Waals surface area contributed by atoms with E-state index in [1.807, 2.05) is 13.8 Å². The maximum Gasteiger partial charge on any atom is 0.327 e. The van der Waals surface area contributed by atoms with Crippen LogP contribution in [0.2, 0.25) is 0 Å². The average molecular weight is 299 g/mol. The second-order valence-corrected chi connectivity index (χ2v) is 5.33. The van der Waals surface area contributed by atoms with E-state index in [0.717, 1.165) is 17.0 Å². The number of hydrogen-bond donors (Lipinski definition) is 3. The number of urea groups is 1. The summed E-state index contributed by atoms with van der Waals surface area (Å²) >= 11 is 1.34. The summed E-state index contributed by atoms with van der Waals surface area (Å²) in [6.45, 7) is 3.88. The number of carbonyl (C=O) groups is 3. The molecule has 0 saturated heterocycles. The fourth-order valence-corrected chi connectivity index (χ4v) is 2.42. The second kappa shape index (κ2) is 7.59. The van der Waals surface area contributed by atoms with E-state index in [2.05, 4.69) is 15.6 Å². The lowest BCUT2D eigenvalue weighted by Gasteiger charge is -2.03. The van der Waals surface area contributed by atoms with E-state index in [-0.39, 0.29) is 19.3 Å². The molecule has 1 rings (SSSR count). The van der Waals surface area contributed by atoms with E-state index in [9.17, 15) is 14.4 Å². The van der Waals surface area contributed by atoms with Crippen molar-refractivity contribution in [1.29, 1.82) is 0 Å². The topological polar surface area (TPSA) is 108 Å². The van der Waals surface area contributed by atoms with Gasteiger partial charge in [0.05, 0.1) is 5.69 Å². The molecule has 0 aromatic carbocycles. The van der Waals surface area contributed by atoms with Gasteiger partial charge in [-0.3, -0.25) is 20.2 Å². The Kier molecular flexibility index (Phi) is 6.10. The van der Waals surface area contributed by atoms with Crippen LogP contribution in [0.25, 0.3) is 0 Å². The van der Waals surface area contributed by atoms with Gasteiger partial charge in [0, 0.05) is 17.7 Å². The highest BCUT2D eigenvalue weighted by atomic mass is 32.1. The summed E-state index contributed by atoms with van der Waals surface area (Å²) in [4.78, 5) is 38.4. The van der Waals surface area contributed by atoms with E-state index in [1.165, 1.54) is 11.3 Å². The smallest absolute Gasteiger partial charge is 0.327 e. The molecule has 0 aliphatic carbocycles. The number of thiazole rings is 1. The first-order valence-corrected chi connectivity index (χ1v) is 7.03. The van der Waals surface area contributed by atoms with Crippen LogP contribution in [-0.4, -0.2) is 28.0 Å². The van der Waals surface area contributed by atoms with Gasteiger partial charge in [-0.2, -0.15) is 0 Å². The number of aromatic nitrogens is 1. The molecule has 0 spiro atoms. The van der Waals surface area contributed by atoms with Crippen molar-refractivity contribution in [2.45, 2.75) is 39.5 Å². The number of carboxylic acid groups (broad SMARTS) is 1. The Labute approximate surface area is 120 Å². The summed E-state index contributed by atoms with van der Waals surface area (Å²) in [6.07, 6.45) is 0.877. The highest BCUT2D eigenvalue weighted by Crippen LogP contribution is 2.22. The van der Waals surface area contributed by atoms with Crippen molar-refractivity contribution < 1.29 is 19.5 Å². The van der Waals surface area contributed by atoms with Crippen LogP contribution in [0.15, 0.2) is 0 Å². The summed E-state index contributed by atoms with van der Waals surface area (Å²) in [5.74, 6) is -1.47.